The molecular weight excluding hydrogens is 127 g/mol. The normalized spacial score (nSPS) is 9.62. The monoisotopic (exact) mass is 131 g/mol. The number of rotatable bonds is 2. The van der Waals surface area contributed by atoms with Gasteiger partial charge in [-0.05, 0) is 0 Å². The second kappa shape index (κ2) is 2.71. The van der Waals surface area contributed by atoms with Crippen molar-refractivity contribution in [1.82, 2.24) is 10.2 Å². The SMILES string of the molecule is FCCc1nn[c]s1. The molecule has 2 nitrogen and oxygen atoms in total. The number of aryl methyl sites for hydroxylation is 1. The van der Waals surface area contributed by atoms with Gasteiger partial charge in [0.05, 0.1) is 6.67 Å². The van der Waals surface area contributed by atoms with Crippen molar-refractivity contribution in [3.05, 3.63) is 10.5 Å². The Hall–Kier alpha value is -0.510. The fourth-order valence-corrected chi connectivity index (χ4v) is 0.799. The number of halogens is 1. The van der Waals surface area contributed by atoms with Gasteiger partial charge in [0, 0.05) is 6.42 Å². The lowest BCUT2D eigenvalue weighted by atomic mass is 10.5. The van der Waals surface area contributed by atoms with Crippen LogP contribution >= 0.6 is 11.3 Å². The average Bonchev–Trinajstić information content (AvgIpc) is 2.19. The zero-order valence-electron chi connectivity index (χ0n) is 4.09. The summed E-state index contributed by atoms with van der Waals surface area (Å²) in [6.45, 7) is -0.358. The van der Waals surface area contributed by atoms with Gasteiger partial charge in [0.15, 0.2) is 5.51 Å². The molecule has 0 aliphatic carbocycles. The van der Waals surface area contributed by atoms with E-state index in [2.05, 4.69) is 15.7 Å². The molecule has 1 heterocycles. The summed E-state index contributed by atoms with van der Waals surface area (Å²) in [7, 11) is 0. The first-order valence-electron chi connectivity index (χ1n) is 2.18. The van der Waals surface area contributed by atoms with Crippen molar-refractivity contribution in [3.8, 4) is 0 Å². The van der Waals surface area contributed by atoms with Gasteiger partial charge in [0.25, 0.3) is 0 Å². The van der Waals surface area contributed by atoms with Crippen LogP contribution in [0.25, 0.3) is 0 Å². The molecule has 1 radical (unpaired) electrons. The van der Waals surface area contributed by atoms with Crippen LogP contribution in [0.2, 0.25) is 0 Å². The molecule has 1 aromatic heterocycles. The van der Waals surface area contributed by atoms with Gasteiger partial charge in [-0.25, -0.2) is 0 Å². The standard InChI is InChI=1S/C4H4FN2S/c5-2-1-4-7-6-3-8-4/h1-2H2. The molecule has 8 heavy (non-hydrogen) atoms. The highest BCUT2D eigenvalue weighted by atomic mass is 32.1. The molecule has 1 rings (SSSR count). The van der Waals surface area contributed by atoms with E-state index in [0.29, 0.717) is 11.4 Å². The highest BCUT2D eigenvalue weighted by Crippen LogP contribution is 2.00. The summed E-state index contributed by atoms with van der Waals surface area (Å²) in [6.07, 6.45) is 0.376. The van der Waals surface area contributed by atoms with Crippen LogP contribution in [-0.2, 0) is 6.42 Å². The lowest BCUT2D eigenvalue weighted by Crippen LogP contribution is -1.83. The van der Waals surface area contributed by atoms with Crippen LogP contribution in [0, 0.1) is 5.51 Å². The first-order valence-corrected chi connectivity index (χ1v) is 2.99. The van der Waals surface area contributed by atoms with E-state index in [1.165, 1.54) is 11.3 Å². The van der Waals surface area contributed by atoms with E-state index in [4.69, 9.17) is 0 Å². The summed E-state index contributed by atoms with van der Waals surface area (Å²) in [5.74, 6) is 0. The minimum absolute atomic E-state index is 0.358. The van der Waals surface area contributed by atoms with Crippen LogP contribution in [0.1, 0.15) is 5.01 Å². The summed E-state index contributed by atoms with van der Waals surface area (Å²) >= 11 is 1.26. The lowest BCUT2D eigenvalue weighted by Gasteiger charge is -1.80. The van der Waals surface area contributed by atoms with Crippen molar-refractivity contribution in [3.63, 3.8) is 0 Å². The number of hydrogen-bond donors (Lipinski definition) is 0. The molecule has 0 spiro atoms. The van der Waals surface area contributed by atoms with Gasteiger partial charge in [-0.1, -0.05) is 11.3 Å². The molecule has 0 aliphatic heterocycles. The molecule has 0 bridgehead atoms. The average molecular weight is 131 g/mol. The molecule has 0 N–H and O–H groups in total. The Labute approximate surface area is 50.4 Å². The van der Waals surface area contributed by atoms with Crippen LogP contribution in [0.4, 0.5) is 4.39 Å². The van der Waals surface area contributed by atoms with Crippen LogP contribution in [0.15, 0.2) is 0 Å². The van der Waals surface area contributed by atoms with Gasteiger partial charge in [0.1, 0.15) is 5.01 Å². The van der Waals surface area contributed by atoms with Crippen LogP contribution in [-0.4, -0.2) is 16.9 Å². The maximum Gasteiger partial charge on any atom is 0.178 e. The van der Waals surface area contributed by atoms with Crippen molar-refractivity contribution in [2.24, 2.45) is 0 Å². The van der Waals surface area contributed by atoms with Gasteiger partial charge in [-0.15, -0.1) is 10.2 Å². The second-order valence-electron chi connectivity index (χ2n) is 1.23. The minimum atomic E-state index is -0.358. The topological polar surface area (TPSA) is 25.8 Å². The minimum Gasteiger partial charge on any atom is -0.251 e. The molecule has 0 fully saturated rings. The molecule has 0 amide bonds. The van der Waals surface area contributed by atoms with Crippen molar-refractivity contribution < 1.29 is 4.39 Å². The molecule has 0 aliphatic rings. The summed E-state index contributed by atoms with van der Waals surface area (Å²) in [5.41, 5.74) is 2.53. The molecule has 0 aromatic carbocycles. The summed E-state index contributed by atoms with van der Waals surface area (Å²) in [5, 5.41) is 7.71. The van der Waals surface area contributed by atoms with Crippen molar-refractivity contribution >= 4 is 11.3 Å². The molecule has 43 valence electrons. The lowest BCUT2D eigenvalue weighted by molar-refractivity contribution is 0.494. The van der Waals surface area contributed by atoms with E-state index in [1.807, 2.05) is 0 Å². The summed E-state index contributed by atoms with van der Waals surface area (Å²) in [6, 6.07) is 0. The summed E-state index contributed by atoms with van der Waals surface area (Å²) in [4.78, 5) is 0. The smallest absolute Gasteiger partial charge is 0.178 e. The van der Waals surface area contributed by atoms with Crippen molar-refractivity contribution in [2.75, 3.05) is 6.67 Å². The Balaban J connectivity index is 2.50. The zero-order valence-corrected chi connectivity index (χ0v) is 4.91. The predicted octanol–water partition coefficient (Wildman–Crippen LogP) is 0.850. The molecule has 1 aromatic rings. The Bertz CT molecular complexity index is 140. The third kappa shape index (κ3) is 1.23. The predicted molar refractivity (Wildman–Crippen MR) is 28.4 cm³/mol. The van der Waals surface area contributed by atoms with E-state index in [1.54, 1.807) is 0 Å². The van der Waals surface area contributed by atoms with Crippen LogP contribution in [0.5, 0.6) is 0 Å². The quantitative estimate of drug-likeness (QED) is 0.594. The number of aromatic nitrogens is 2. The van der Waals surface area contributed by atoms with E-state index in [0.717, 1.165) is 0 Å². The van der Waals surface area contributed by atoms with Crippen LogP contribution < -0.4 is 0 Å². The fourth-order valence-electron chi connectivity index (χ4n) is 0.352. The zero-order chi connectivity index (χ0) is 5.82. The third-order valence-corrected chi connectivity index (χ3v) is 1.37. The molecule has 0 saturated heterocycles. The van der Waals surface area contributed by atoms with Gasteiger partial charge >= 0.3 is 0 Å². The molecule has 4 heteroatoms. The van der Waals surface area contributed by atoms with Gasteiger partial charge in [-0.2, -0.15) is 0 Å². The Morgan fingerprint density at radius 2 is 2.62 bits per heavy atom. The Morgan fingerprint density at radius 1 is 1.75 bits per heavy atom. The first-order chi connectivity index (χ1) is 3.93. The van der Waals surface area contributed by atoms with Crippen molar-refractivity contribution in [1.29, 1.82) is 0 Å². The number of alkyl halides is 1. The number of hydrogen-bond acceptors (Lipinski definition) is 3. The molecule has 0 unspecified atom stereocenters. The van der Waals surface area contributed by atoms with Gasteiger partial charge in [0.2, 0.25) is 0 Å². The maximum atomic E-state index is 11.5. The Kier molecular flexibility index (Phi) is 1.91. The van der Waals surface area contributed by atoms with Crippen LogP contribution in [0.3, 0.4) is 0 Å². The highest BCUT2D eigenvalue weighted by molar-refractivity contribution is 7.08. The van der Waals surface area contributed by atoms with Gasteiger partial charge < -0.3 is 0 Å². The van der Waals surface area contributed by atoms with Gasteiger partial charge in [-0.3, -0.25) is 4.39 Å². The Morgan fingerprint density at radius 3 is 3.12 bits per heavy atom. The van der Waals surface area contributed by atoms with E-state index in [-0.39, 0.29) is 6.67 Å². The molecule has 0 saturated carbocycles. The molecule has 0 atom stereocenters. The fraction of sp³-hybridized carbons (Fsp3) is 0.500. The highest BCUT2D eigenvalue weighted by Gasteiger charge is 1.93. The van der Waals surface area contributed by atoms with Crippen molar-refractivity contribution in [2.45, 2.75) is 6.42 Å². The molecular formula is C4H4FN2S. The van der Waals surface area contributed by atoms with E-state index >= 15 is 0 Å². The van der Waals surface area contributed by atoms with E-state index in [9.17, 15) is 4.39 Å². The maximum absolute atomic E-state index is 11.5. The second-order valence-corrected chi connectivity index (χ2v) is 2.08. The summed E-state index contributed by atoms with van der Waals surface area (Å²) < 4.78 is 11.5. The van der Waals surface area contributed by atoms with E-state index < -0.39 is 0 Å². The first kappa shape index (κ1) is 5.62. The largest absolute Gasteiger partial charge is 0.251 e. The number of nitrogens with zero attached hydrogens (tertiary/aromatic N) is 2. The third-order valence-electron chi connectivity index (χ3n) is 0.674.